The summed E-state index contributed by atoms with van der Waals surface area (Å²) < 4.78 is 45.2. The summed E-state index contributed by atoms with van der Waals surface area (Å²) in [6, 6.07) is 2.14. The molecule has 0 amide bonds. The van der Waals surface area contributed by atoms with E-state index in [0.717, 1.165) is 6.07 Å². The summed E-state index contributed by atoms with van der Waals surface area (Å²) in [5.41, 5.74) is 5.71. The highest BCUT2D eigenvalue weighted by Gasteiger charge is 2.29. The van der Waals surface area contributed by atoms with E-state index in [2.05, 4.69) is 0 Å². The van der Waals surface area contributed by atoms with Crippen LogP contribution in [0.3, 0.4) is 0 Å². The topological polar surface area (TPSA) is 72.6 Å². The quantitative estimate of drug-likeness (QED) is 0.813. The standard InChI is InChI=1S/C13H21FN2O3S/c1-9(2)16(5-6-19-4)20(17,18)13-8-11(15)7-12(14)10(13)3/h7-9H,5-6,15H2,1-4H3. The van der Waals surface area contributed by atoms with Crippen LogP contribution in [0.5, 0.6) is 0 Å². The summed E-state index contributed by atoms with van der Waals surface area (Å²) in [5, 5.41) is 0. The van der Waals surface area contributed by atoms with Gasteiger partial charge >= 0.3 is 0 Å². The number of rotatable bonds is 6. The van der Waals surface area contributed by atoms with E-state index in [1.54, 1.807) is 13.8 Å². The molecule has 20 heavy (non-hydrogen) atoms. The van der Waals surface area contributed by atoms with E-state index in [4.69, 9.17) is 10.5 Å². The van der Waals surface area contributed by atoms with E-state index in [-0.39, 0.29) is 35.3 Å². The Balaban J connectivity index is 3.33. The second-order valence-electron chi connectivity index (χ2n) is 4.83. The Morgan fingerprint density at radius 3 is 2.50 bits per heavy atom. The van der Waals surface area contributed by atoms with Gasteiger partial charge in [0.1, 0.15) is 5.82 Å². The molecule has 0 saturated carbocycles. The molecule has 0 radical (unpaired) electrons. The lowest BCUT2D eigenvalue weighted by atomic mass is 10.2. The Morgan fingerprint density at radius 1 is 1.40 bits per heavy atom. The number of sulfonamides is 1. The van der Waals surface area contributed by atoms with Gasteiger partial charge in [-0.2, -0.15) is 4.31 Å². The Labute approximate surface area is 119 Å². The Bertz CT molecular complexity index is 573. The summed E-state index contributed by atoms with van der Waals surface area (Å²) in [6.45, 7) is 5.40. The van der Waals surface area contributed by atoms with Crippen LogP contribution in [-0.2, 0) is 14.8 Å². The number of ether oxygens (including phenoxy) is 1. The van der Waals surface area contributed by atoms with Crippen molar-refractivity contribution in [2.24, 2.45) is 0 Å². The third-order valence-corrected chi connectivity index (χ3v) is 5.20. The maximum absolute atomic E-state index is 13.7. The molecule has 5 nitrogen and oxygen atoms in total. The van der Waals surface area contributed by atoms with Crippen molar-refractivity contribution >= 4 is 15.7 Å². The number of hydrogen-bond acceptors (Lipinski definition) is 4. The molecule has 1 rings (SSSR count). The van der Waals surface area contributed by atoms with Gasteiger partial charge in [0.2, 0.25) is 10.0 Å². The number of nitrogens with two attached hydrogens (primary N) is 1. The van der Waals surface area contributed by atoms with Crippen LogP contribution in [-0.4, -0.2) is 39.0 Å². The molecule has 0 fully saturated rings. The van der Waals surface area contributed by atoms with Crippen LogP contribution in [0, 0.1) is 12.7 Å². The first-order valence-electron chi connectivity index (χ1n) is 6.28. The third-order valence-electron chi connectivity index (χ3n) is 3.00. The Kier molecular flexibility index (Phi) is 5.50. The van der Waals surface area contributed by atoms with E-state index in [0.29, 0.717) is 0 Å². The van der Waals surface area contributed by atoms with Crippen molar-refractivity contribution in [3.63, 3.8) is 0 Å². The molecule has 0 spiro atoms. The summed E-state index contributed by atoms with van der Waals surface area (Å²) in [6.07, 6.45) is 0. The predicted molar refractivity (Wildman–Crippen MR) is 76.5 cm³/mol. The molecule has 0 aliphatic heterocycles. The SMILES string of the molecule is COCCN(C(C)C)S(=O)(=O)c1cc(N)cc(F)c1C. The minimum absolute atomic E-state index is 0.0715. The van der Waals surface area contributed by atoms with Crippen molar-refractivity contribution in [1.29, 1.82) is 0 Å². The number of halogens is 1. The van der Waals surface area contributed by atoms with Gasteiger partial charge in [0.25, 0.3) is 0 Å². The Hall–Kier alpha value is -1.18. The maximum Gasteiger partial charge on any atom is 0.243 e. The summed E-state index contributed by atoms with van der Waals surface area (Å²) in [4.78, 5) is -0.0974. The van der Waals surface area contributed by atoms with Crippen molar-refractivity contribution in [1.82, 2.24) is 4.31 Å². The highest BCUT2D eigenvalue weighted by atomic mass is 32.2. The van der Waals surface area contributed by atoms with Crippen molar-refractivity contribution in [3.05, 3.63) is 23.5 Å². The highest BCUT2D eigenvalue weighted by Crippen LogP contribution is 2.26. The molecular weight excluding hydrogens is 283 g/mol. The lowest BCUT2D eigenvalue weighted by Gasteiger charge is -2.26. The van der Waals surface area contributed by atoms with Gasteiger partial charge in [-0.3, -0.25) is 0 Å². The monoisotopic (exact) mass is 304 g/mol. The molecule has 2 N–H and O–H groups in total. The number of nitrogens with zero attached hydrogens (tertiary/aromatic N) is 1. The molecule has 1 aromatic rings. The molecule has 0 bridgehead atoms. The van der Waals surface area contributed by atoms with Crippen LogP contribution >= 0.6 is 0 Å². The van der Waals surface area contributed by atoms with Crippen LogP contribution < -0.4 is 5.73 Å². The molecule has 0 aliphatic rings. The minimum Gasteiger partial charge on any atom is -0.399 e. The van der Waals surface area contributed by atoms with E-state index in [1.807, 2.05) is 0 Å². The summed E-state index contributed by atoms with van der Waals surface area (Å²) in [7, 11) is -2.32. The number of benzene rings is 1. The van der Waals surface area contributed by atoms with Gasteiger partial charge in [-0.1, -0.05) is 0 Å². The molecule has 0 aromatic heterocycles. The predicted octanol–water partition coefficient (Wildman–Crippen LogP) is 1.76. The van der Waals surface area contributed by atoms with Crippen LogP contribution in [0.4, 0.5) is 10.1 Å². The molecule has 7 heteroatoms. The molecule has 0 heterocycles. The maximum atomic E-state index is 13.7. The molecule has 114 valence electrons. The van der Waals surface area contributed by atoms with E-state index < -0.39 is 15.8 Å². The first-order valence-corrected chi connectivity index (χ1v) is 7.72. The zero-order chi connectivity index (χ0) is 15.5. The smallest absolute Gasteiger partial charge is 0.243 e. The van der Waals surface area contributed by atoms with Gasteiger partial charge in [0.15, 0.2) is 0 Å². The van der Waals surface area contributed by atoms with E-state index in [9.17, 15) is 12.8 Å². The fourth-order valence-electron chi connectivity index (χ4n) is 1.91. The molecule has 0 atom stereocenters. The van der Waals surface area contributed by atoms with Gasteiger partial charge in [0.05, 0.1) is 11.5 Å². The lowest BCUT2D eigenvalue weighted by Crippen LogP contribution is -2.39. The van der Waals surface area contributed by atoms with Gasteiger partial charge in [0, 0.05) is 30.9 Å². The largest absolute Gasteiger partial charge is 0.399 e. The van der Waals surface area contributed by atoms with Gasteiger partial charge in [-0.25, -0.2) is 12.8 Å². The highest BCUT2D eigenvalue weighted by molar-refractivity contribution is 7.89. The zero-order valence-electron chi connectivity index (χ0n) is 12.2. The summed E-state index contributed by atoms with van der Waals surface area (Å²) in [5.74, 6) is -0.626. The molecule has 0 unspecified atom stereocenters. The normalized spacial score (nSPS) is 12.3. The van der Waals surface area contributed by atoms with Crippen molar-refractivity contribution < 1.29 is 17.5 Å². The van der Waals surface area contributed by atoms with Gasteiger partial charge in [-0.15, -0.1) is 0 Å². The molecule has 0 saturated heterocycles. The second-order valence-corrected chi connectivity index (χ2v) is 6.69. The Morgan fingerprint density at radius 2 is 2.00 bits per heavy atom. The number of anilines is 1. The molecule has 1 aromatic carbocycles. The van der Waals surface area contributed by atoms with Crippen molar-refractivity contribution in [2.45, 2.75) is 31.7 Å². The molecular formula is C13H21FN2O3S. The first kappa shape index (κ1) is 16.9. The first-order chi connectivity index (χ1) is 9.21. The van der Waals surface area contributed by atoms with Crippen molar-refractivity contribution in [3.8, 4) is 0 Å². The van der Waals surface area contributed by atoms with Gasteiger partial charge in [-0.05, 0) is 32.9 Å². The molecule has 0 aliphatic carbocycles. The minimum atomic E-state index is -3.81. The third kappa shape index (κ3) is 3.47. The van der Waals surface area contributed by atoms with E-state index in [1.165, 1.54) is 24.4 Å². The lowest BCUT2D eigenvalue weighted by molar-refractivity contribution is 0.171. The fraction of sp³-hybridized carbons (Fsp3) is 0.538. The fourth-order valence-corrected chi connectivity index (χ4v) is 3.80. The van der Waals surface area contributed by atoms with Crippen molar-refractivity contribution in [2.75, 3.05) is 26.0 Å². The van der Waals surface area contributed by atoms with Gasteiger partial charge < -0.3 is 10.5 Å². The average Bonchev–Trinajstić information content (AvgIpc) is 2.33. The zero-order valence-corrected chi connectivity index (χ0v) is 13.0. The van der Waals surface area contributed by atoms with Crippen LogP contribution in [0.2, 0.25) is 0 Å². The van der Waals surface area contributed by atoms with Crippen LogP contribution in [0.25, 0.3) is 0 Å². The second kappa shape index (κ2) is 6.51. The average molecular weight is 304 g/mol. The van der Waals surface area contributed by atoms with Crippen LogP contribution in [0.15, 0.2) is 17.0 Å². The summed E-state index contributed by atoms with van der Waals surface area (Å²) >= 11 is 0. The van der Waals surface area contributed by atoms with E-state index >= 15 is 0 Å². The van der Waals surface area contributed by atoms with Crippen LogP contribution in [0.1, 0.15) is 19.4 Å². The number of nitrogen functional groups attached to an aromatic ring is 1. The number of hydrogen-bond donors (Lipinski definition) is 1. The number of methoxy groups -OCH3 is 1.